The third-order valence-corrected chi connectivity index (χ3v) is 3.27. The molecule has 0 unspecified atom stereocenters. The van der Waals surface area contributed by atoms with Crippen molar-refractivity contribution in [2.75, 3.05) is 7.11 Å². The summed E-state index contributed by atoms with van der Waals surface area (Å²) >= 11 is 0. The van der Waals surface area contributed by atoms with Crippen LogP contribution in [0, 0.1) is 12.3 Å². The van der Waals surface area contributed by atoms with Crippen molar-refractivity contribution in [1.29, 1.82) is 0 Å². The van der Waals surface area contributed by atoms with Crippen molar-refractivity contribution in [3.8, 4) is 5.75 Å². The van der Waals surface area contributed by atoms with Gasteiger partial charge in [-0.15, -0.1) is 0 Å². The van der Waals surface area contributed by atoms with E-state index in [1.807, 2.05) is 25.1 Å². The Bertz CT molecular complexity index is 498. The summed E-state index contributed by atoms with van der Waals surface area (Å²) in [7, 11) is 1.66. The Balaban J connectivity index is 2.67. The molecule has 0 saturated heterocycles. The molecular formula is C18H29NO2. The van der Waals surface area contributed by atoms with Gasteiger partial charge >= 0.3 is 0 Å². The molecule has 118 valence electrons. The van der Waals surface area contributed by atoms with Crippen LogP contribution in [0.15, 0.2) is 18.2 Å². The fourth-order valence-corrected chi connectivity index (χ4v) is 3.03. The lowest BCUT2D eigenvalue weighted by Gasteiger charge is -2.33. The lowest BCUT2D eigenvalue weighted by molar-refractivity contribution is -0.122. The summed E-state index contributed by atoms with van der Waals surface area (Å²) in [6, 6.07) is 5.87. The van der Waals surface area contributed by atoms with Crippen molar-refractivity contribution in [3.63, 3.8) is 0 Å². The largest absolute Gasteiger partial charge is 0.496 e. The van der Waals surface area contributed by atoms with Crippen molar-refractivity contribution in [1.82, 2.24) is 5.32 Å². The molecule has 0 radical (unpaired) electrons. The number of carbonyl (C=O) groups is 1. The fraction of sp³-hybridized carbons (Fsp3) is 0.611. The molecule has 0 saturated carbocycles. The van der Waals surface area contributed by atoms with Gasteiger partial charge in [0, 0.05) is 5.54 Å². The molecule has 1 rings (SSSR count). The second-order valence-corrected chi connectivity index (χ2v) is 7.65. The summed E-state index contributed by atoms with van der Waals surface area (Å²) in [5, 5.41) is 3.14. The number of aryl methyl sites for hydroxylation is 1. The van der Waals surface area contributed by atoms with Crippen LogP contribution in [0.2, 0.25) is 0 Å². The zero-order valence-corrected chi connectivity index (χ0v) is 14.5. The Morgan fingerprint density at radius 2 is 1.81 bits per heavy atom. The maximum Gasteiger partial charge on any atom is 0.224 e. The highest BCUT2D eigenvalue weighted by atomic mass is 16.5. The van der Waals surface area contributed by atoms with E-state index in [1.54, 1.807) is 7.11 Å². The average Bonchev–Trinajstić information content (AvgIpc) is 2.24. The van der Waals surface area contributed by atoms with E-state index in [0.29, 0.717) is 6.42 Å². The molecule has 0 spiro atoms. The quantitative estimate of drug-likeness (QED) is 0.894. The minimum atomic E-state index is -0.198. The van der Waals surface area contributed by atoms with Gasteiger partial charge in [0.05, 0.1) is 13.5 Å². The fourth-order valence-electron chi connectivity index (χ4n) is 3.03. The highest BCUT2D eigenvalue weighted by molar-refractivity contribution is 5.79. The summed E-state index contributed by atoms with van der Waals surface area (Å²) in [5.74, 6) is 0.918. The SMILES string of the molecule is COc1ccc(CC(=O)NC(C)(C)CC(C)(C)C)cc1C. The second kappa shape index (κ2) is 6.50. The van der Waals surface area contributed by atoms with Crippen LogP contribution >= 0.6 is 0 Å². The maximum atomic E-state index is 12.2. The van der Waals surface area contributed by atoms with E-state index >= 15 is 0 Å². The Labute approximate surface area is 129 Å². The smallest absolute Gasteiger partial charge is 0.224 e. The summed E-state index contributed by atoms with van der Waals surface area (Å²) < 4.78 is 5.24. The molecular weight excluding hydrogens is 262 g/mol. The summed E-state index contributed by atoms with van der Waals surface area (Å²) in [6.45, 7) is 12.7. The molecule has 3 nitrogen and oxygen atoms in total. The van der Waals surface area contributed by atoms with Gasteiger partial charge < -0.3 is 10.1 Å². The van der Waals surface area contributed by atoms with E-state index in [-0.39, 0.29) is 16.9 Å². The highest BCUT2D eigenvalue weighted by Crippen LogP contribution is 2.27. The first kappa shape index (κ1) is 17.5. The number of amides is 1. The standard InChI is InChI=1S/C18H29NO2/c1-13-10-14(8-9-15(13)21-7)11-16(20)19-18(5,6)12-17(2,3)4/h8-10H,11-12H2,1-7H3,(H,19,20). The van der Waals surface area contributed by atoms with E-state index < -0.39 is 0 Å². The van der Waals surface area contributed by atoms with Crippen LogP contribution in [-0.2, 0) is 11.2 Å². The Morgan fingerprint density at radius 1 is 1.19 bits per heavy atom. The number of hydrogen-bond donors (Lipinski definition) is 1. The molecule has 0 fully saturated rings. The molecule has 0 atom stereocenters. The highest BCUT2D eigenvalue weighted by Gasteiger charge is 2.26. The molecule has 1 amide bonds. The first-order valence-electron chi connectivity index (χ1n) is 7.47. The Hall–Kier alpha value is -1.51. The van der Waals surface area contributed by atoms with Crippen LogP contribution in [0.25, 0.3) is 0 Å². The Kier molecular flexibility index (Phi) is 5.43. The van der Waals surface area contributed by atoms with Crippen molar-refractivity contribution >= 4 is 5.91 Å². The van der Waals surface area contributed by atoms with E-state index in [0.717, 1.165) is 23.3 Å². The van der Waals surface area contributed by atoms with Crippen molar-refractivity contribution in [3.05, 3.63) is 29.3 Å². The van der Waals surface area contributed by atoms with E-state index in [2.05, 4.69) is 39.9 Å². The van der Waals surface area contributed by atoms with Crippen molar-refractivity contribution < 1.29 is 9.53 Å². The van der Waals surface area contributed by atoms with Gasteiger partial charge in [-0.05, 0) is 49.8 Å². The van der Waals surface area contributed by atoms with E-state index in [1.165, 1.54) is 0 Å². The first-order chi connectivity index (χ1) is 9.52. The van der Waals surface area contributed by atoms with Crippen molar-refractivity contribution in [2.45, 2.75) is 59.9 Å². The molecule has 0 aromatic heterocycles. The van der Waals surface area contributed by atoms with Crippen LogP contribution in [-0.4, -0.2) is 18.6 Å². The number of methoxy groups -OCH3 is 1. The number of carbonyl (C=O) groups excluding carboxylic acids is 1. The topological polar surface area (TPSA) is 38.3 Å². The monoisotopic (exact) mass is 291 g/mol. The normalized spacial score (nSPS) is 12.1. The van der Waals surface area contributed by atoms with Gasteiger partial charge in [0.15, 0.2) is 0 Å². The third kappa shape index (κ3) is 6.19. The van der Waals surface area contributed by atoms with Gasteiger partial charge in [-0.2, -0.15) is 0 Å². The minimum Gasteiger partial charge on any atom is -0.496 e. The van der Waals surface area contributed by atoms with Crippen LogP contribution in [0.3, 0.4) is 0 Å². The van der Waals surface area contributed by atoms with Crippen LogP contribution < -0.4 is 10.1 Å². The van der Waals surface area contributed by atoms with Gasteiger partial charge in [-0.25, -0.2) is 0 Å². The molecule has 21 heavy (non-hydrogen) atoms. The zero-order chi connectivity index (χ0) is 16.3. The number of nitrogens with one attached hydrogen (secondary N) is 1. The first-order valence-corrected chi connectivity index (χ1v) is 7.47. The number of ether oxygens (including phenoxy) is 1. The zero-order valence-electron chi connectivity index (χ0n) is 14.5. The number of benzene rings is 1. The molecule has 1 aromatic rings. The lowest BCUT2D eigenvalue weighted by atomic mass is 9.81. The molecule has 0 heterocycles. The molecule has 0 bridgehead atoms. The van der Waals surface area contributed by atoms with Gasteiger partial charge in [0.25, 0.3) is 0 Å². The minimum absolute atomic E-state index is 0.0637. The lowest BCUT2D eigenvalue weighted by Crippen LogP contribution is -2.46. The van der Waals surface area contributed by atoms with Crippen LogP contribution in [0.4, 0.5) is 0 Å². The molecule has 0 aliphatic heterocycles. The van der Waals surface area contributed by atoms with E-state index in [9.17, 15) is 4.79 Å². The predicted octanol–water partition coefficient (Wildman–Crippen LogP) is 3.88. The predicted molar refractivity (Wildman–Crippen MR) is 87.7 cm³/mol. The third-order valence-electron chi connectivity index (χ3n) is 3.27. The van der Waals surface area contributed by atoms with Gasteiger partial charge in [-0.3, -0.25) is 4.79 Å². The number of hydrogen-bond acceptors (Lipinski definition) is 2. The van der Waals surface area contributed by atoms with Crippen LogP contribution in [0.5, 0.6) is 5.75 Å². The molecule has 0 aliphatic carbocycles. The molecule has 3 heteroatoms. The van der Waals surface area contributed by atoms with Gasteiger partial charge in [-0.1, -0.05) is 32.9 Å². The summed E-state index contributed by atoms with van der Waals surface area (Å²) in [6.07, 6.45) is 1.34. The van der Waals surface area contributed by atoms with Crippen LogP contribution in [0.1, 0.15) is 52.2 Å². The second-order valence-electron chi connectivity index (χ2n) is 7.65. The molecule has 0 aliphatic rings. The molecule has 1 N–H and O–H groups in total. The maximum absolute atomic E-state index is 12.2. The van der Waals surface area contributed by atoms with Gasteiger partial charge in [0.1, 0.15) is 5.75 Å². The van der Waals surface area contributed by atoms with Gasteiger partial charge in [0.2, 0.25) is 5.91 Å². The Morgan fingerprint density at radius 3 is 2.29 bits per heavy atom. The summed E-state index contributed by atoms with van der Waals surface area (Å²) in [5.41, 5.74) is 2.05. The van der Waals surface area contributed by atoms with E-state index in [4.69, 9.17) is 4.74 Å². The average molecular weight is 291 g/mol. The van der Waals surface area contributed by atoms with Crippen molar-refractivity contribution in [2.24, 2.45) is 5.41 Å². The number of rotatable bonds is 5. The summed E-state index contributed by atoms with van der Waals surface area (Å²) in [4.78, 5) is 12.2. The molecule has 1 aromatic carbocycles.